The Hall–Kier alpha value is 0.797. The molecule has 0 nitrogen and oxygen atoms in total. The molecule has 0 aromatic rings. The molecule has 1 aliphatic carbocycles. The van der Waals surface area contributed by atoms with Gasteiger partial charge in [0.1, 0.15) is 0 Å². The molecule has 0 N–H and O–H groups in total. The van der Waals surface area contributed by atoms with Crippen molar-refractivity contribution in [3.63, 3.8) is 0 Å². The van der Waals surface area contributed by atoms with Gasteiger partial charge in [0, 0.05) is 0 Å². The summed E-state index contributed by atoms with van der Waals surface area (Å²) in [7, 11) is -0.281. The molecule has 0 aromatic heterocycles. The first-order valence-electron chi connectivity index (χ1n) is 4.83. The molecule has 1 fully saturated rings. The Kier molecular flexibility index (Phi) is 4.99. The third-order valence-electron chi connectivity index (χ3n) is 2.72. The van der Waals surface area contributed by atoms with Gasteiger partial charge in [-0.25, -0.2) is 0 Å². The Labute approximate surface area is 87.8 Å². The van der Waals surface area contributed by atoms with Crippen molar-refractivity contribution in [3.05, 3.63) is 5.92 Å². The molecule has 0 aliphatic heterocycles. The second kappa shape index (κ2) is 5.51. The van der Waals surface area contributed by atoms with Gasteiger partial charge in [-0.1, -0.05) is 26.2 Å². The van der Waals surface area contributed by atoms with Crippen LogP contribution in [0.3, 0.4) is 0 Å². The summed E-state index contributed by atoms with van der Waals surface area (Å²) >= 11 is 11.6. The number of alkyl halides is 2. The molecule has 12 heavy (non-hydrogen) atoms. The van der Waals surface area contributed by atoms with Crippen molar-refractivity contribution in [2.45, 2.75) is 49.0 Å². The largest absolute Gasteiger partial charge is 0.110 e. The van der Waals surface area contributed by atoms with Gasteiger partial charge in [0.2, 0.25) is 0 Å². The highest BCUT2D eigenvalue weighted by Gasteiger charge is 2.22. The predicted octanol–water partition coefficient (Wildman–Crippen LogP) is 3.26. The fraction of sp³-hybridized carbons (Fsp3) is 0.889. The molecule has 0 amide bonds. The van der Waals surface area contributed by atoms with E-state index >= 15 is 0 Å². The van der Waals surface area contributed by atoms with Crippen LogP contribution >= 0.6 is 23.2 Å². The lowest BCUT2D eigenvalue weighted by Crippen LogP contribution is -2.17. The molecule has 0 saturated heterocycles. The molecule has 1 unspecified atom stereocenters. The maximum atomic E-state index is 5.81. The molecule has 0 heterocycles. The highest BCUT2D eigenvalue weighted by molar-refractivity contribution is 6.69. The number of hydrogen-bond acceptors (Lipinski definition) is 0. The summed E-state index contributed by atoms with van der Waals surface area (Å²) in [5.74, 6) is 1.75. The van der Waals surface area contributed by atoms with Gasteiger partial charge in [-0.05, 0) is 24.3 Å². The SMILES string of the molecule is CC([SiH2]C(Cl)Cl)[C]1CCCCC1. The van der Waals surface area contributed by atoms with Gasteiger partial charge < -0.3 is 0 Å². The Morgan fingerprint density at radius 2 is 1.75 bits per heavy atom. The summed E-state index contributed by atoms with van der Waals surface area (Å²) in [6.45, 7) is 2.31. The molecule has 1 radical (unpaired) electrons. The van der Waals surface area contributed by atoms with Crippen molar-refractivity contribution >= 4 is 32.7 Å². The van der Waals surface area contributed by atoms with E-state index in [0.29, 0.717) is 0 Å². The smallest absolute Gasteiger partial charge is 0.0910 e. The monoisotopic (exact) mass is 223 g/mol. The van der Waals surface area contributed by atoms with Crippen LogP contribution in [0.25, 0.3) is 0 Å². The van der Waals surface area contributed by atoms with Crippen LogP contribution in [-0.2, 0) is 0 Å². The zero-order chi connectivity index (χ0) is 8.97. The lowest BCUT2D eigenvalue weighted by atomic mass is 9.87. The zero-order valence-corrected chi connectivity index (χ0v) is 10.6. The molecule has 1 rings (SSSR count). The van der Waals surface area contributed by atoms with Gasteiger partial charge >= 0.3 is 0 Å². The first kappa shape index (κ1) is 10.9. The van der Waals surface area contributed by atoms with E-state index in [1.807, 2.05) is 0 Å². The highest BCUT2D eigenvalue weighted by Crippen LogP contribution is 2.35. The average Bonchev–Trinajstić information content (AvgIpc) is 2.05. The Balaban J connectivity index is 2.24. The van der Waals surface area contributed by atoms with E-state index in [9.17, 15) is 0 Å². The first-order chi connectivity index (χ1) is 5.70. The second-order valence-corrected chi connectivity index (χ2v) is 8.57. The minimum Gasteiger partial charge on any atom is -0.110 e. The van der Waals surface area contributed by atoms with Crippen LogP contribution in [-0.4, -0.2) is 14.0 Å². The maximum absolute atomic E-state index is 5.81. The summed E-state index contributed by atoms with van der Waals surface area (Å²) < 4.78 is -0.0468. The van der Waals surface area contributed by atoms with Crippen LogP contribution in [0, 0.1) is 5.92 Å². The summed E-state index contributed by atoms with van der Waals surface area (Å²) in [5, 5.41) is 0. The van der Waals surface area contributed by atoms with Gasteiger partial charge in [0.15, 0.2) is 0 Å². The van der Waals surface area contributed by atoms with Gasteiger partial charge in [-0.2, -0.15) is 0 Å². The van der Waals surface area contributed by atoms with Crippen molar-refractivity contribution in [1.29, 1.82) is 0 Å². The number of rotatable bonds is 3. The zero-order valence-electron chi connectivity index (χ0n) is 7.65. The summed E-state index contributed by atoms with van der Waals surface area (Å²) in [6.07, 6.45) is 6.89. The minimum atomic E-state index is -0.281. The Morgan fingerprint density at radius 1 is 1.17 bits per heavy atom. The number of halogens is 2. The van der Waals surface area contributed by atoms with Crippen molar-refractivity contribution in [1.82, 2.24) is 0 Å². The molecular formula is C9H17Cl2Si. The summed E-state index contributed by atoms with van der Waals surface area (Å²) in [5.41, 5.74) is 0.769. The molecule has 71 valence electrons. The predicted molar refractivity (Wildman–Crippen MR) is 59.8 cm³/mol. The van der Waals surface area contributed by atoms with Crippen LogP contribution in [0.5, 0.6) is 0 Å². The number of hydrogen-bond donors (Lipinski definition) is 0. The Bertz CT molecular complexity index is 122. The minimum absolute atomic E-state index is 0.0468. The van der Waals surface area contributed by atoms with Crippen LogP contribution in [0.2, 0.25) is 5.54 Å². The third-order valence-corrected chi connectivity index (χ3v) is 5.43. The van der Waals surface area contributed by atoms with Gasteiger partial charge in [-0.3, -0.25) is 0 Å². The molecular weight excluding hydrogens is 207 g/mol. The quantitative estimate of drug-likeness (QED) is 0.510. The van der Waals surface area contributed by atoms with Crippen LogP contribution < -0.4 is 0 Å². The molecule has 1 atom stereocenters. The lowest BCUT2D eigenvalue weighted by Gasteiger charge is -2.26. The van der Waals surface area contributed by atoms with Gasteiger partial charge in [-0.15, -0.1) is 23.2 Å². The molecule has 1 aliphatic rings. The second-order valence-electron chi connectivity index (χ2n) is 3.75. The van der Waals surface area contributed by atoms with Crippen molar-refractivity contribution in [2.75, 3.05) is 0 Å². The molecule has 0 spiro atoms. The summed E-state index contributed by atoms with van der Waals surface area (Å²) in [6, 6.07) is 0. The van der Waals surface area contributed by atoms with Crippen LogP contribution in [0.1, 0.15) is 39.0 Å². The molecule has 0 bridgehead atoms. The first-order valence-corrected chi connectivity index (χ1v) is 7.33. The van der Waals surface area contributed by atoms with Gasteiger partial charge in [0.25, 0.3) is 0 Å². The van der Waals surface area contributed by atoms with Gasteiger partial charge in [0.05, 0.1) is 14.0 Å². The lowest BCUT2D eigenvalue weighted by molar-refractivity contribution is 0.513. The average molecular weight is 224 g/mol. The van der Waals surface area contributed by atoms with Crippen molar-refractivity contribution < 1.29 is 0 Å². The van der Waals surface area contributed by atoms with Crippen LogP contribution in [0.4, 0.5) is 0 Å². The highest BCUT2D eigenvalue weighted by atomic mass is 35.5. The summed E-state index contributed by atoms with van der Waals surface area (Å²) in [4.78, 5) is 0. The standard InChI is InChI=1S/C9H17Cl2Si/c1-7(12-9(10)11)8-5-3-2-4-6-8/h7,9H,2-6,12H2,1H3. The van der Waals surface area contributed by atoms with E-state index in [-0.39, 0.29) is 14.0 Å². The maximum Gasteiger partial charge on any atom is 0.0910 e. The normalized spacial score (nSPS) is 24.0. The van der Waals surface area contributed by atoms with E-state index < -0.39 is 0 Å². The van der Waals surface area contributed by atoms with Crippen molar-refractivity contribution in [3.8, 4) is 0 Å². The van der Waals surface area contributed by atoms with E-state index in [4.69, 9.17) is 23.2 Å². The molecule has 0 aromatic carbocycles. The Morgan fingerprint density at radius 3 is 2.25 bits per heavy atom. The molecule has 3 heteroatoms. The topological polar surface area (TPSA) is 0 Å². The van der Waals surface area contributed by atoms with Crippen molar-refractivity contribution in [2.24, 2.45) is 0 Å². The third kappa shape index (κ3) is 3.67. The fourth-order valence-electron chi connectivity index (χ4n) is 1.93. The van der Waals surface area contributed by atoms with E-state index in [1.54, 1.807) is 5.92 Å². The van der Waals surface area contributed by atoms with Crippen LogP contribution in [0.15, 0.2) is 0 Å². The molecule has 1 saturated carbocycles. The fourth-order valence-corrected chi connectivity index (χ4v) is 4.81. The van der Waals surface area contributed by atoms with E-state index in [1.165, 1.54) is 32.1 Å². The van der Waals surface area contributed by atoms with E-state index in [2.05, 4.69) is 6.92 Å². The van der Waals surface area contributed by atoms with E-state index in [0.717, 1.165) is 5.54 Å².